The van der Waals surface area contributed by atoms with Gasteiger partial charge in [0, 0.05) is 43.6 Å². The van der Waals surface area contributed by atoms with E-state index in [1.165, 1.54) is 17.2 Å². The third-order valence-corrected chi connectivity index (χ3v) is 6.40. The molecular weight excluding hydrogens is 433 g/mol. The normalized spacial score (nSPS) is 19.0. The number of likely N-dealkylation sites (tertiary alicyclic amines) is 1. The molecule has 1 unspecified atom stereocenters. The molecular formula is C24H27F3N4O2. The molecule has 6 nitrogen and oxygen atoms in total. The summed E-state index contributed by atoms with van der Waals surface area (Å²) in [6.45, 7) is 3.83. The molecule has 1 aromatic heterocycles. The van der Waals surface area contributed by atoms with Crippen LogP contribution in [-0.4, -0.2) is 47.9 Å². The van der Waals surface area contributed by atoms with Crippen molar-refractivity contribution in [2.45, 2.75) is 38.8 Å². The van der Waals surface area contributed by atoms with Crippen molar-refractivity contribution in [3.05, 3.63) is 53.2 Å². The lowest BCUT2D eigenvalue weighted by molar-refractivity contribution is -0.137. The van der Waals surface area contributed by atoms with Gasteiger partial charge in [-0.15, -0.1) is 0 Å². The van der Waals surface area contributed by atoms with E-state index in [2.05, 4.69) is 10.3 Å². The Hall–Kier alpha value is -3.10. The highest BCUT2D eigenvalue weighted by Gasteiger charge is 2.37. The first-order valence-electron chi connectivity index (χ1n) is 11.2. The van der Waals surface area contributed by atoms with Crippen LogP contribution in [0.2, 0.25) is 0 Å². The van der Waals surface area contributed by atoms with E-state index in [4.69, 9.17) is 0 Å². The minimum atomic E-state index is -4.52. The largest absolute Gasteiger partial charge is 0.419 e. The van der Waals surface area contributed by atoms with Crippen molar-refractivity contribution in [1.82, 2.24) is 9.88 Å². The monoisotopic (exact) mass is 460 g/mol. The number of pyridine rings is 1. The number of halogens is 3. The minimum absolute atomic E-state index is 0.0419. The van der Waals surface area contributed by atoms with Gasteiger partial charge in [-0.05, 0) is 62.4 Å². The number of amides is 2. The molecule has 1 atom stereocenters. The zero-order valence-electron chi connectivity index (χ0n) is 18.5. The molecule has 1 N–H and O–H groups in total. The van der Waals surface area contributed by atoms with Crippen molar-refractivity contribution < 1.29 is 22.8 Å². The Balaban J connectivity index is 1.49. The predicted molar refractivity (Wildman–Crippen MR) is 119 cm³/mol. The van der Waals surface area contributed by atoms with Gasteiger partial charge < -0.3 is 15.1 Å². The molecule has 1 aromatic carbocycles. The van der Waals surface area contributed by atoms with E-state index < -0.39 is 17.7 Å². The van der Waals surface area contributed by atoms with E-state index in [0.29, 0.717) is 36.2 Å². The van der Waals surface area contributed by atoms with E-state index in [1.807, 2.05) is 4.90 Å². The summed E-state index contributed by atoms with van der Waals surface area (Å²) in [7, 11) is 0. The fourth-order valence-electron chi connectivity index (χ4n) is 4.58. The maximum atomic E-state index is 13.4. The summed E-state index contributed by atoms with van der Waals surface area (Å²) in [5.74, 6) is -0.936. The number of carbonyl (C=O) groups excluding carboxylic acids is 2. The number of benzene rings is 1. The van der Waals surface area contributed by atoms with E-state index in [0.717, 1.165) is 32.0 Å². The molecule has 0 radical (unpaired) electrons. The van der Waals surface area contributed by atoms with Gasteiger partial charge in [-0.2, -0.15) is 13.2 Å². The Labute approximate surface area is 190 Å². The molecule has 9 heteroatoms. The van der Waals surface area contributed by atoms with Crippen LogP contribution in [0, 0.1) is 12.8 Å². The molecule has 0 saturated carbocycles. The minimum Gasteiger partial charge on any atom is -0.355 e. The zero-order valence-corrected chi connectivity index (χ0v) is 18.5. The SMILES string of the molecule is Cc1c(NC(=O)C2CCCN(c3ncccc3C(F)(F)F)C2)cccc1C(=O)N1CCCC1. The van der Waals surface area contributed by atoms with Gasteiger partial charge in [0.1, 0.15) is 5.82 Å². The highest BCUT2D eigenvalue weighted by Crippen LogP contribution is 2.36. The van der Waals surface area contributed by atoms with Gasteiger partial charge in [-0.25, -0.2) is 4.98 Å². The maximum absolute atomic E-state index is 13.4. The molecule has 2 aliphatic heterocycles. The summed E-state index contributed by atoms with van der Waals surface area (Å²) >= 11 is 0. The highest BCUT2D eigenvalue weighted by atomic mass is 19.4. The van der Waals surface area contributed by atoms with Crippen molar-refractivity contribution in [1.29, 1.82) is 0 Å². The van der Waals surface area contributed by atoms with Gasteiger partial charge in [0.2, 0.25) is 5.91 Å². The maximum Gasteiger partial charge on any atom is 0.419 e. The van der Waals surface area contributed by atoms with Crippen molar-refractivity contribution >= 4 is 23.3 Å². The quantitative estimate of drug-likeness (QED) is 0.730. The van der Waals surface area contributed by atoms with Gasteiger partial charge in [-0.1, -0.05) is 6.07 Å². The van der Waals surface area contributed by atoms with Crippen LogP contribution in [0.1, 0.15) is 47.2 Å². The fraction of sp³-hybridized carbons (Fsp3) is 0.458. The average molecular weight is 461 g/mol. The molecule has 0 aliphatic carbocycles. The molecule has 176 valence electrons. The molecule has 2 fully saturated rings. The van der Waals surface area contributed by atoms with Crippen molar-refractivity contribution in [3.8, 4) is 0 Å². The lowest BCUT2D eigenvalue weighted by Gasteiger charge is -2.34. The first-order chi connectivity index (χ1) is 15.8. The van der Waals surface area contributed by atoms with Crippen LogP contribution >= 0.6 is 0 Å². The van der Waals surface area contributed by atoms with Crippen LogP contribution in [0.4, 0.5) is 24.7 Å². The van der Waals surface area contributed by atoms with Crippen LogP contribution in [0.25, 0.3) is 0 Å². The Morgan fingerprint density at radius 2 is 1.82 bits per heavy atom. The lowest BCUT2D eigenvalue weighted by Crippen LogP contribution is -2.42. The fourth-order valence-corrected chi connectivity index (χ4v) is 4.58. The molecule has 0 bridgehead atoms. The summed E-state index contributed by atoms with van der Waals surface area (Å²) in [5, 5.41) is 2.90. The first-order valence-corrected chi connectivity index (χ1v) is 11.2. The molecule has 2 aliphatic rings. The van der Waals surface area contributed by atoms with Crippen LogP contribution in [0.5, 0.6) is 0 Å². The molecule has 4 rings (SSSR count). The van der Waals surface area contributed by atoms with Gasteiger partial charge in [-0.3, -0.25) is 9.59 Å². The summed E-state index contributed by atoms with van der Waals surface area (Å²) in [6.07, 6.45) is -0.0451. The number of hydrogen-bond donors (Lipinski definition) is 1. The molecule has 2 saturated heterocycles. The number of anilines is 2. The Bertz CT molecular complexity index is 1030. The van der Waals surface area contributed by atoms with E-state index in [-0.39, 0.29) is 24.2 Å². The molecule has 2 aromatic rings. The van der Waals surface area contributed by atoms with E-state index >= 15 is 0 Å². The molecule has 3 heterocycles. The molecule has 2 amide bonds. The standard InChI is InChI=1S/C24H27F3N4O2/c1-16-18(23(33)30-12-2-3-13-30)8-4-10-20(16)29-22(32)17-7-6-14-31(15-17)21-19(24(25,26)27)9-5-11-28-21/h4-5,8-11,17H,2-3,6-7,12-15H2,1H3,(H,29,32). The van der Waals surface area contributed by atoms with Crippen LogP contribution in [-0.2, 0) is 11.0 Å². The number of alkyl halides is 3. The van der Waals surface area contributed by atoms with Crippen molar-refractivity contribution in [2.75, 3.05) is 36.4 Å². The van der Waals surface area contributed by atoms with Crippen molar-refractivity contribution in [3.63, 3.8) is 0 Å². The van der Waals surface area contributed by atoms with Gasteiger partial charge in [0.25, 0.3) is 5.91 Å². The first kappa shape index (κ1) is 23.1. The number of piperidine rings is 1. The number of nitrogens with one attached hydrogen (secondary N) is 1. The number of hydrogen-bond acceptors (Lipinski definition) is 4. The predicted octanol–water partition coefficient (Wildman–Crippen LogP) is 4.50. The van der Waals surface area contributed by atoms with Gasteiger partial charge in [0.15, 0.2) is 0 Å². The summed E-state index contributed by atoms with van der Waals surface area (Å²) in [6, 6.07) is 7.52. The van der Waals surface area contributed by atoms with E-state index in [9.17, 15) is 22.8 Å². The third-order valence-electron chi connectivity index (χ3n) is 6.40. The number of rotatable bonds is 4. The molecule has 0 spiro atoms. The third kappa shape index (κ3) is 4.96. The summed E-state index contributed by atoms with van der Waals surface area (Å²) < 4.78 is 40.3. The highest BCUT2D eigenvalue weighted by molar-refractivity contribution is 6.00. The number of aromatic nitrogens is 1. The van der Waals surface area contributed by atoms with Crippen LogP contribution < -0.4 is 10.2 Å². The Morgan fingerprint density at radius 1 is 1.06 bits per heavy atom. The van der Waals surface area contributed by atoms with Crippen LogP contribution in [0.3, 0.4) is 0 Å². The zero-order chi connectivity index (χ0) is 23.6. The average Bonchev–Trinajstić information content (AvgIpc) is 3.34. The second-order valence-electron chi connectivity index (χ2n) is 8.62. The summed E-state index contributed by atoms with van der Waals surface area (Å²) in [4.78, 5) is 33.2. The second kappa shape index (κ2) is 9.41. The smallest absolute Gasteiger partial charge is 0.355 e. The van der Waals surface area contributed by atoms with Gasteiger partial charge >= 0.3 is 6.18 Å². The topological polar surface area (TPSA) is 65.5 Å². The van der Waals surface area contributed by atoms with E-state index in [1.54, 1.807) is 25.1 Å². The lowest BCUT2D eigenvalue weighted by atomic mass is 9.96. The Morgan fingerprint density at radius 3 is 2.55 bits per heavy atom. The number of nitrogens with zero attached hydrogens (tertiary/aromatic N) is 3. The number of carbonyl (C=O) groups is 2. The van der Waals surface area contributed by atoms with Crippen molar-refractivity contribution in [2.24, 2.45) is 5.92 Å². The van der Waals surface area contributed by atoms with Crippen LogP contribution in [0.15, 0.2) is 36.5 Å². The Kier molecular flexibility index (Phi) is 6.58. The second-order valence-corrected chi connectivity index (χ2v) is 8.62. The summed E-state index contributed by atoms with van der Waals surface area (Å²) in [5.41, 5.74) is 1.01. The molecule has 33 heavy (non-hydrogen) atoms. The van der Waals surface area contributed by atoms with Gasteiger partial charge in [0.05, 0.1) is 11.5 Å².